The summed E-state index contributed by atoms with van der Waals surface area (Å²) in [6, 6.07) is 28.7. The highest BCUT2D eigenvalue weighted by atomic mass is 32.2. The summed E-state index contributed by atoms with van der Waals surface area (Å²) in [4.78, 5) is 33.3. The van der Waals surface area contributed by atoms with Crippen LogP contribution in [-0.4, -0.2) is 27.4 Å². The van der Waals surface area contributed by atoms with Crippen LogP contribution in [0.3, 0.4) is 0 Å². The molecule has 0 saturated heterocycles. The van der Waals surface area contributed by atoms with E-state index in [0.29, 0.717) is 39.6 Å². The van der Waals surface area contributed by atoms with Gasteiger partial charge in [-0.3, -0.25) is 14.2 Å². The number of hydrogen-bond acceptors (Lipinski definition) is 4. The molecule has 0 aliphatic rings. The zero-order chi connectivity index (χ0) is 26.6. The van der Waals surface area contributed by atoms with E-state index in [-0.39, 0.29) is 11.5 Å². The van der Waals surface area contributed by atoms with Gasteiger partial charge in [0.15, 0.2) is 5.16 Å². The molecule has 0 aliphatic carbocycles. The Morgan fingerprint density at radius 2 is 1.68 bits per heavy atom. The van der Waals surface area contributed by atoms with E-state index in [9.17, 15) is 14.0 Å². The Kier molecular flexibility index (Phi) is 7.38. The van der Waals surface area contributed by atoms with Crippen molar-refractivity contribution >= 4 is 28.6 Å². The molecule has 5 nitrogen and oxygen atoms in total. The predicted octanol–water partition coefficient (Wildman–Crippen LogP) is 6.40. The third-order valence-corrected chi connectivity index (χ3v) is 7.22. The number of halogens is 1. The molecule has 1 aromatic heterocycles. The highest BCUT2D eigenvalue weighted by Crippen LogP contribution is 2.26. The van der Waals surface area contributed by atoms with E-state index < -0.39 is 5.82 Å². The summed E-state index contributed by atoms with van der Waals surface area (Å²) in [5, 5.41) is 0.785. The van der Waals surface area contributed by atoms with Crippen molar-refractivity contribution in [1.82, 2.24) is 14.5 Å². The summed E-state index contributed by atoms with van der Waals surface area (Å²) in [6.45, 7) is 2.49. The van der Waals surface area contributed by atoms with E-state index in [0.717, 1.165) is 16.7 Å². The van der Waals surface area contributed by atoms with E-state index in [4.69, 9.17) is 4.98 Å². The molecule has 0 atom stereocenters. The van der Waals surface area contributed by atoms with Crippen LogP contribution in [0.15, 0.2) is 107 Å². The van der Waals surface area contributed by atoms with Gasteiger partial charge in [-0.25, -0.2) is 9.37 Å². The topological polar surface area (TPSA) is 55.2 Å². The SMILES string of the molecule is Cc1cccc(CSc2nc3cc(C(=O)N(C)Cc4ccccc4)ccc3c(=O)n2-c2cccc(F)c2)c1. The molecule has 38 heavy (non-hydrogen) atoms. The van der Waals surface area contributed by atoms with Gasteiger partial charge in [0.1, 0.15) is 5.82 Å². The molecule has 0 aliphatic heterocycles. The van der Waals surface area contributed by atoms with Crippen LogP contribution in [0.4, 0.5) is 4.39 Å². The summed E-state index contributed by atoms with van der Waals surface area (Å²) in [5.41, 5.74) is 4.20. The zero-order valence-electron chi connectivity index (χ0n) is 21.1. The third kappa shape index (κ3) is 5.53. The van der Waals surface area contributed by atoms with Crippen molar-refractivity contribution in [2.24, 2.45) is 0 Å². The molecule has 0 spiro atoms. The number of aromatic nitrogens is 2. The number of fused-ring (bicyclic) bond motifs is 1. The Morgan fingerprint density at radius 3 is 2.45 bits per heavy atom. The molecule has 0 radical (unpaired) electrons. The molecule has 0 saturated carbocycles. The quantitative estimate of drug-likeness (QED) is 0.183. The lowest BCUT2D eigenvalue weighted by atomic mass is 10.1. The predicted molar refractivity (Wildman–Crippen MR) is 150 cm³/mol. The van der Waals surface area contributed by atoms with Crippen molar-refractivity contribution < 1.29 is 9.18 Å². The number of thioether (sulfide) groups is 1. The summed E-state index contributed by atoms with van der Waals surface area (Å²) >= 11 is 1.39. The van der Waals surface area contributed by atoms with Gasteiger partial charge in [-0.15, -0.1) is 0 Å². The lowest BCUT2D eigenvalue weighted by Crippen LogP contribution is -2.26. The zero-order valence-corrected chi connectivity index (χ0v) is 21.9. The maximum Gasteiger partial charge on any atom is 0.266 e. The lowest BCUT2D eigenvalue weighted by Gasteiger charge is -2.18. The third-order valence-electron chi connectivity index (χ3n) is 6.21. The summed E-state index contributed by atoms with van der Waals surface area (Å²) in [7, 11) is 1.75. The highest BCUT2D eigenvalue weighted by Gasteiger charge is 2.18. The Balaban J connectivity index is 1.55. The van der Waals surface area contributed by atoms with Crippen molar-refractivity contribution in [3.05, 3.63) is 135 Å². The van der Waals surface area contributed by atoms with E-state index >= 15 is 0 Å². The molecule has 0 N–H and O–H groups in total. The number of hydrogen-bond donors (Lipinski definition) is 0. The first-order chi connectivity index (χ1) is 18.4. The largest absolute Gasteiger partial charge is 0.337 e. The van der Waals surface area contributed by atoms with Gasteiger partial charge in [-0.1, -0.05) is 78.0 Å². The minimum Gasteiger partial charge on any atom is -0.337 e. The van der Waals surface area contributed by atoms with Crippen LogP contribution in [0, 0.1) is 12.7 Å². The first-order valence-electron chi connectivity index (χ1n) is 12.2. The van der Waals surface area contributed by atoms with E-state index in [1.165, 1.54) is 28.5 Å². The molecular weight excluding hydrogens is 497 g/mol. The normalized spacial score (nSPS) is 11.0. The Labute approximate surface area is 224 Å². The van der Waals surface area contributed by atoms with E-state index in [2.05, 4.69) is 6.07 Å². The number of carbonyl (C=O) groups is 1. The number of benzene rings is 4. The number of carbonyl (C=O) groups excluding carboxylic acids is 1. The van der Waals surface area contributed by atoms with Gasteiger partial charge in [0.05, 0.1) is 16.6 Å². The monoisotopic (exact) mass is 523 g/mol. The molecular formula is C31H26FN3O2S. The van der Waals surface area contributed by atoms with Crippen LogP contribution < -0.4 is 5.56 Å². The fourth-order valence-electron chi connectivity index (χ4n) is 4.34. The smallest absolute Gasteiger partial charge is 0.266 e. The molecule has 0 fully saturated rings. The molecule has 1 heterocycles. The fourth-order valence-corrected chi connectivity index (χ4v) is 5.29. The molecule has 4 aromatic carbocycles. The van der Waals surface area contributed by atoms with E-state index in [1.807, 2.05) is 55.5 Å². The van der Waals surface area contributed by atoms with Gasteiger partial charge in [0, 0.05) is 24.9 Å². The van der Waals surface area contributed by atoms with Crippen LogP contribution in [-0.2, 0) is 12.3 Å². The number of aryl methyl sites for hydroxylation is 1. The summed E-state index contributed by atoms with van der Waals surface area (Å²) in [5.74, 6) is -0.0275. The molecule has 5 aromatic rings. The van der Waals surface area contributed by atoms with Crippen molar-refractivity contribution in [1.29, 1.82) is 0 Å². The molecule has 1 amide bonds. The Bertz CT molecular complexity index is 1680. The highest BCUT2D eigenvalue weighted by molar-refractivity contribution is 7.98. The average molecular weight is 524 g/mol. The van der Waals surface area contributed by atoms with Crippen LogP contribution >= 0.6 is 11.8 Å². The number of rotatable bonds is 7. The van der Waals surface area contributed by atoms with Crippen LogP contribution in [0.5, 0.6) is 0 Å². The molecule has 5 rings (SSSR count). The second kappa shape index (κ2) is 11.0. The van der Waals surface area contributed by atoms with E-state index in [1.54, 1.807) is 42.3 Å². The molecule has 0 bridgehead atoms. The Hall–Kier alpha value is -4.23. The summed E-state index contributed by atoms with van der Waals surface area (Å²) < 4.78 is 15.6. The van der Waals surface area contributed by atoms with Gasteiger partial charge < -0.3 is 4.90 Å². The summed E-state index contributed by atoms with van der Waals surface area (Å²) in [6.07, 6.45) is 0. The first kappa shape index (κ1) is 25.4. The van der Waals surface area contributed by atoms with Crippen molar-refractivity contribution in [2.75, 3.05) is 7.05 Å². The standard InChI is InChI=1S/C31H26FN3O2S/c1-21-8-6-11-23(16-21)20-38-31-33-28-17-24(29(36)34(2)19-22-9-4-3-5-10-22)14-15-27(28)30(37)35(31)26-13-7-12-25(32)18-26/h3-18H,19-20H2,1-2H3. The van der Waals surface area contributed by atoms with Gasteiger partial charge in [0.25, 0.3) is 11.5 Å². The van der Waals surface area contributed by atoms with Crippen LogP contribution in [0.1, 0.15) is 27.0 Å². The van der Waals surface area contributed by atoms with Gasteiger partial charge >= 0.3 is 0 Å². The van der Waals surface area contributed by atoms with Crippen LogP contribution in [0.2, 0.25) is 0 Å². The maximum atomic E-state index is 14.1. The van der Waals surface area contributed by atoms with Crippen LogP contribution in [0.25, 0.3) is 16.6 Å². The average Bonchev–Trinajstić information content (AvgIpc) is 2.92. The molecule has 7 heteroatoms. The molecule has 190 valence electrons. The number of amides is 1. The van der Waals surface area contributed by atoms with Gasteiger partial charge in [-0.2, -0.15) is 0 Å². The molecule has 0 unspecified atom stereocenters. The lowest BCUT2D eigenvalue weighted by molar-refractivity contribution is 0.0785. The van der Waals surface area contributed by atoms with Crippen molar-refractivity contribution in [3.8, 4) is 5.69 Å². The minimum absolute atomic E-state index is 0.166. The van der Waals surface area contributed by atoms with Crippen molar-refractivity contribution in [2.45, 2.75) is 24.4 Å². The van der Waals surface area contributed by atoms with Crippen molar-refractivity contribution in [3.63, 3.8) is 0 Å². The van der Waals surface area contributed by atoms with Gasteiger partial charge in [0.2, 0.25) is 0 Å². The fraction of sp³-hybridized carbons (Fsp3) is 0.129. The number of nitrogens with zero attached hydrogens (tertiary/aromatic N) is 3. The maximum absolute atomic E-state index is 14.1. The second-order valence-corrected chi connectivity index (χ2v) is 10.1. The first-order valence-corrected chi connectivity index (χ1v) is 13.2. The minimum atomic E-state index is -0.438. The Morgan fingerprint density at radius 1 is 0.921 bits per heavy atom. The van der Waals surface area contributed by atoms with Gasteiger partial charge in [-0.05, 0) is 54.4 Å². The second-order valence-electron chi connectivity index (χ2n) is 9.17.